The molecule has 0 spiro atoms. The van der Waals surface area contributed by atoms with Gasteiger partial charge in [-0.3, -0.25) is 4.79 Å². The van der Waals surface area contributed by atoms with Crippen molar-refractivity contribution in [1.29, 1.82) is 0 Å². The maximum Gasteiger partial charge on any atom is 0.244 e. The average molecular weight is 414 g/mol. The molecule has 0 saturated carbocycles. The van der Waals surface area contributed by atoms with Crippen molar-refractivity contribution in [1.82, 2.24) is 5.32 Å². The number of nitrogens with one attached hydrogen (secondary N) is 1. The second-order valence-electron chi connectivity index (χ2n) is 7.08. The van der Waals surface area contributed by atoms with Gasteiger partial charge in [0.05, 0.1) is 27.4 Å². The quantitative estimate of drug-likeness (QED) is 0.551. The van der Waals surface area contributed by atoms with Crippen molar-refractivity contribution in [3.8, 4) is 23.0 Å². The lowest BCUT2D eigenvalue weighted by atomic mass is 10.1. The summed E-state index contributed by atoms with van der Waals surface area (Å²) in [6, 6.07) is 11.2. The highest BCUT2D eigenvalue weighted by molar-refractivity contribution is 5.91. The van der Waals surface area contributed by atoms with E-state index in [1.165, 1.54) is 6.08 Å². The van der Waals surface area contributed by atoms with Gasteiger partial charge in [-0.25, -0.2) is 0 Å². The van der Waals surface area contributed by atoms with Crippen LogP contribution in [0.25, 0.3) is 6.08 Å². The summed E-state index contributed by atoms with van der Waals surface area (Å²) in [5.74, 6) is 2.89. The average Bonchev–Trinajstić information content (AvgIpc) is 2.75. The molecule has 30 heavy (non-hydrogen) atoms. The molecule has 0 bridgehead atoms. The summed E-state index contributed by atoms with van der Waals surface area (Å²) in [5, 5.41) is 2.87. The van der Waals surface area contributed by atoms with Gasteiger partial charge in [0.1, 0.15) is 0 Å². The van der Waals surface area contributed by atoms with Crippen LogP contribution in [0.5, 0.6) is 23.0 Å². The van der Waals surface area contributed by atoms with Gasteiger partial charge in [-0.2, -0.15) is 0 Å². The summed E-state index contributed by atoms with van der Waals surface area (Å²) >= 11 is 0. The third kappa shape index (κ3) is 7.03. The van der Waals surface area contributed by atoms with E-state index in [1.54, 1.807) is 20.3 Å². The Labute approximate surface area is 178 Å². The monoisotopic (exact) mass is 413 g/mol. The van der Waals surface area contributed by atoms with Crippen molar-refractivity contribution in [2.24, 2.45) is 5.92 Å². The van der Waals surface area contributed by atoms with E-state index in [2.05, 4.69) is 19.2 Å². The number of amides is 1. The van der Waals surface area contributed by atoms with Crippen LogP contribution in [0, 0.1) is 5.92 Å². The number of methoxy groups -OCH3 is 2. The zero-order chi connectivity index (χ0) is 21.9. The molecular weight excluding hydrogens is 382 g/mol. The Morgan fingerprint density at radius 1 is 0.967 bits per heavy atom. The van der Waals surface area contributed by atoms with Gasteiger partial charge in [-0.05, 0) is 54.3 Å². The fourth-order valence-electron chi connectivity index (χ4n) is 2.68. The molecule has 0 aromatic heterocycles. The Hall–Kier alpha value is -3.15. The number of ether oxygens (including phenoxy) is 4. The zero-order valence-corrected chi connectivity index (χ0v) is 18.4. The van der Waals surface area contributed by atoms with Crippen molar-refractivity contribution in [3.63, 3.8) is 0 Å². The number of benzene rings is 2. The normalized spacial score (nSPS) is 10.9. The van der Waals surface area contributed by atoms with Gasteiger partial charge in [0.25, 0.3) is 0 Å². The Morgan fingerprint density at radius 3 is 2.30 bits per heavy atom. The van der Waals surface area contributed by atoms with Crippen molar-refractivity contribution in [2.75, 3.05) is 27.4 Å². The number of hydrogen-bond donors (Lipinski definition) is 1. The summed E-state index contributed by atoms with van der Waals surface area (Å²) in [6.45, 7) is 7.66. The number of carbonyl (C=O) groups is 1. The molecule has 0 radical (unpaired) electrons. The smallest absolute Gasteiger partial charge is 0.244 e. The molecule has 2 aromatic carbocycles. The maximum absolute atomic E-state index is 12.2. The number of hydrogen-bond acceptors (Lipinski definition) is 5. The van der Waals surface area contributed by atoms with E-state index >= 15 is 0 Å². The lowest BCUT2D eigenvalue weighted by Crippen LogP contribution is -2.20. The highest BCUT2D eigenvalue weighted by Gasteiger charge is 2.07. The molecule has 2 aromatic rings. The molecule has 0 aliphatic carbocycles. The third-order valence-electron chi connectivity index (χ3n) is 4.18. The number of carbonyl (C=O) groups excluding carboxylic acids is 1. The standard InChI is InChI=1S/C24H31NO5/c1-6-29-20-11-8-19(14-23(20)28-5)15-25-24(26)12-9-18-7-10-21(22(13-18)27-4)30-16-17(2)3/h7-14,17H,6,15-16H2,1-5H3,(H,25,26)/b12-9+. The van der Waals surface area contributed by atoms with Gasteiger partial charge in [0.15, 0.2) is 23.0 Å². The summed E-state index contributed by atoms with van der Waals surface area (Å²) in [7, 11) is 3.19. The van der Waals surface area contributed by atoms with Gasteiger partial charge in [-0.15, -0.1) is 0 Å². The molecule has 0 fully saturated rings. The van der Waals surface area contributed by atoms with Crippen molar-refractivity contribution < 1.29 is 23.7 Å². The Balaban J connectivity index is 1.96. The van der Waals surface area contributed by atoms with E-state index in [0.29, 0.717) is 48.7 Å². The van der Waals surface area contributed by atoms with Gasteiger partial charge < -0.3 is 24.3 Å². The van der Waals surface area contributed by atoms with E-state index in [1.807, 2.05) is 43.3 Å². The van der Waals surface area contributed by atoms with Crippen LogP contribution in [-0.4, -0.2) is 33.3 Å². The Kier molecular flexibility index (Phi) is 9.06. The summed E-state index contributed by atoms with van der Waals surface area (Å²) in [6.07, 6.45) is 3.23. The predicted octanol–water partition coefficient (Wildman–Crippen LogP) is 4.47. The largest absolute Gasteiger partial charge is 0.493 e. The topological polar surface area (TPSA) is 66.0 Å². The third-order valence-corrected chi connectivity index (χ3v) is 4.18. The summed E-state index contributed by atoms with van der Waals surface area (Å²) in [5.41, 5.74) is 1.77. The maximum atomic E-state index is 12.2. The highest BCUT2D eigenvalue weighted by atomic mass is 16.5. The minimum absolute atomic E-state index is 0.193. The molecule has 1 N–H and O–H groups in total. The highest BCUT2D eigenvalue weighted by Crippen LogP contribution is 2.29. The molecule has 2 rings (SSSR count). The second-order valence-corrected chi connectivity index (χ2v) is 7.08. The second kappa shape index (κ2) is 11.8. The van der Waals surface area contributed by atoms with Crippen LogP contribution in [0.2, 0.25) is 0 Å². The first kappa shape index (κ1) is 23.1. The van der Waals surface area contributed by atoms with Crippen LogP contribution in [0.3, 0.4) is 0 Å². The van der Waals surface area contributed by atoms with Crippen LogP contribution in [-0.2, 0) is 11.3 Å². The minimum Gasteiger partial charge on any atom is -0.493 e. The molecule has 0 saturated heterocycles. The van der Waals surface area contributed by atoms with Crippen LogP contribution in [0.4, 0.5) is 0 Å². The molecule has 162 valence electrons. The summed E-state index contributed by atoms with van der Waals surface area (Å²) in [4.78, 5) is 12.2. The molecular formula is C24H31NO5. The van der Waals surface area contributed by atoms with Crippen molar-refractivity contribution >= 4 is 12.0 Å². The van der Waals surface area contributed by atoms with Crippen LogP contribution in [0.1, 0.15) is 31.9 Å². The molecule has 1 amide bonds. The minimum atomic E-state index is -0.193. The molecule has 0 atom stereocenters. The van der Waals surface area contributed by atoms with Crippen LogP contribution < -0.4 is 24.3 Å². The first-order valence-electron chi connectivity index (χ1n) is 10.0. The molecule has 0 unspecified atom stereocenters. The number of rotatable bonds is 11. The fourth-order valence-corrected chi connectivity index (χ4v) is 2.68. The van der Waals surface area contributed by atoms with E-state index < -0.39 is 0 Å². The first-order valence-corrected chi connectivity index (χ1v) is 10.0. The first-order chi connectivity index (χ1) is 14.5. The Bertz CT molecular complexity index is 861. The van der Waals surface area contributed by atoms with Gasteiger partial charge in [-0.1, -0.05) is 26.0 Å². The zero-order valence-electron chi connectivity index (χ0n) is 18.4. The molecule has 0 aliphatic rings. The van der Waals surface area contributed by atoms with Gasteiger partial charge in [0, 0.05) is 12.6 Å². The van der Waals surface area contributed by atoms with E-state index in [4.69, 9.17) is 18.9 Å². The van der Waals surface area contributed by atoms with Crippen molar-refractivity contribution in [2.45, 2.75) is 27.3 Å². The fraction of sp³-hybridized carbons (Fsp3) is 0.375. The Morgan fingerprint density at radius 2 is 1.63 bits per heavy atom. The van der Waals surface area contributed by atoms with E-state index in [9.17, 15) is 4.79 Å². The molecule has 0 heterocycles. The lowest BCUT2D eigenvalue weighted by molar-refractivity contribution is -0.116. The van der Waals surface area contributed by atoms with E-state index in [0.717, 1.165) is 11.1 Å². The molecule has 6 nitrogen and oxygen atoms in total. The predicted molar refractivity (Wildman–Crippen MR) is 118 cm³/mol. The SMILES string of the molecule is CCOc1ccc(CNC(=O)/C=C/c2ccc(OCC(C)C)c(OC)c2)cc1OC. The van der Waals surface area contributed by atoms with Crippen LogP contribution in [0.15, 0.2) is 42.5 Å². The van der Waals surface area contributed by atoms with Gasteiger partial charge in [0.2, 0.25) is 5.91 Å². The lowest BCUT2D eigenvalue weighted by Gasteiger charge is -2.12. The van der Waals surface area contributed by atoms with Crippen LogP contribution >= 0.6 is 0 Å². The van der Waals surface area contributed by atoms with Crippen molar-refractivity contribution in [3.05, 3.63) is 53.6 Å². The van der Waals surface area contributed by atoms with E-state index in [-0.39, 0.29) is 5.91 Å². The molecule has 0 aliphatic heterocycles. The summed E-state index contributed by atoms with van der Waals surface area (Å²) < 4.78 is 22.0. The molecule has 6 heteroatoms. The van der Waals surface area contributed by atoms with Gasteiger partial charge >= 0.3 is 0 Å².